The largest absolute Gasteiger partial charge is 0.505 e. The lowest BCUT2D eigenvalue weighted by atomic mass is 10.2. The fraction of sp³-hybridized carbons (Fsp3) is 0.111. The maximum Gasteiger partial charge on any atom is 0.231 e. The van der Waals surface area contributed by atoms with Gasteiger partial charge >= 0.3 is 0 Å². The monoisotopic (exact) mass is 208 g/mol. The first kappa shape index (κ1) is 10.3. The van der Waals surface area contributed by atoms with Crippen LogP contribution < -0.4 is 4.74 Å². The highest BCUT2D eigenvalue weighted by Crippen LogP contribution is 2.35. The minimum absolute atomic E-state index is 0.0178. The van der Waals surface area contributed by atoms with Gasteiger partial charge in [0, 0.05) is 0 Å². The van der Waals surface area contributed by atoms with Crippen molar-refractivity contribution in [1.29, 1.82) is 0 Å². The van der Waals surface area contributed by atoms with E-state index in [0.29, 0.717) is 0 Å². The van der Waals surface area contributed by atoms with Gasteiger partial charge < -0.3 is 4.74 Å². The lowest BCUT2D eigenvalue weighted by Crippen LogP contribution is -1.88. The van der Waals surface area contributed by atoms with Gasteiger partial charge in [0.1, 0.15) is 5.69 Å². The Hall–Kier alpha value is -1.76. The van der Waals surface area contributed by atoms with Gasteiger partial charge in [0.15, 0.2) is 11.6 Å². The highest BCUT2D eigenvalue weighted by Gasteiger charge is 2.13. The maximum atomic E-state index is 13.5. The van der Waals surface area contributed by atoms with Crippen molar-refractivity contribution >= 4 is 28.8 Å². The number of benzene rings is 1. The molecule has 0 heterocycles. The predicted octanol–water partition coefficient (Wildman–Crippen LogP) is 3.12. The molecule has 0 spiro atoms. The smallest absolute Gasteiger partial charge is 0.231 e. The van der Waals surface area contributed by atoms with Gasteiger partial charge in [-0.15, -0.1) is 0 Å². The third-order valence-corrected chi connectivity index (χ3v) is 1.64. The zero-order chi connectivity index (χ0) is 10.6. The minimum atomic E-state index is -0.696. The number of hydrogen-bond donors (Lipinski definition) is 0. The van der Waals surface area contributed by atoms with Crippen molar-refractivity contribution in [2.45, 2.75) is 0 Å². The average molecular weight is 208 g/mol. The number of methoxy groups -OCH3 is 1. The fourth-order valence-corrected chi connectivity index (χ4v) is 1.05. The van der Waals surface area contributed by atoms with Gasteiger partial charge in [0.25, 0.3) is 0 Å². The summed E-state index contributed by atoms with van der Waals surface area (Å²) in [5.41, 5.74) is 0.123. The molecule has 0 N–H and O–H groups in total. The summed E-state index contributed by atoms with van der Waals surface area (Å²) in [6.07, 6.45) is 0. The van der Waals surface area contributed by atoms with Crippen LogP contribution >= 0.6 is 12.2 Å². The summed E-state index contributed by atoms with van der Waals surface area (Å²) in [4.78, 5) is 6.60. The number of isothiocyanates is 1. The normalized spacial score (nSPS) is 8.64. The van der Waals surface area contributed by atoms with E-state index in [-0.39, 0.29) is 17.1 Å². The van der Waals surface area contributed by atoms with Gasteiger partial charge in [-0.05, 0) is 18.3 Å². The van der Waals surface area contributed by atoms with E-state index in [4.69, 9.17) is 11.3 Å². The molecular weight excluding hydrogens is 203 g/mol. The number of nitrogens with zero attached hydrogens (tertiary/aromatic N) is 2. The molecule has 0 aliphatic carbocycles. The van der Waals surface area contributed by atoms with Crippen LogP contribution in [0.1, 0.15) is 0 Å². The maximum absolute atomic E-state index is 13.5. The van der Waals surface area contributed by atoms with E-state index >= 15 is 0 Å². The molecule has 0 atom stereocenters. The molecule has 5 heteroatoms. The average Bonchev–Trinajstić information content (AvgIpc) is 2.21. The molecule has 0 aromatic heterocycles. The second-order valence-corrected chi connectivity index (χ2v) is 2.45. The first-order valence-corrected chi connectivity index (χ1v) is 3.97. The first-order valence-electron chi connectivity index (χ1n) is 3.56. The van der Waals surface area contributed by atoms with Crippen LogP contribution in [0.5, 0.6) is 5.75 Å². The Kier molecular flexibility index (Phi) is 3.29. The van der Waals surface area contributed by atoms with Crippen LogP contribution in [0, 0.1) is 12.4 Å². The zero-order valence-electron chi connectivity index (χ0n) is 7.24. The van der Waals surface area contributed by atoms with Crippen molar-refractivity contribution in [1.82, 2.24) is 0 Å². The van der Waals surface area contributed by atoms with E-state index in [1.54, 1.807) is 0 Å². The summed E-state index contributed by atoms with van der Waals surface area (Å²) >= 11 is 4.35. The third-order valence-electron chi connectivity index (χ3n) is 1.55. The third kappa shape index (κ3) is 1.77. The standard InChI is InChI=1S/C9H5FN2OS/c1-11-7-4-3-6(12-5-14)8(10)9(7)13-2/h3-4H,2H3. The molecule has 0 aliphatic rings. The van der Waals surface area contributed by atoms with Crippen LogP contribution in [0.2, 0.25) is 0 Å². The van der Waals surface area contributed by atoms with Gasteiger partial charge in [0.05, 0.1) is 18.8 Å². The molecule has 1 rings (SSSR count). The number of hydrogen-bond acceptors (Lipinski definition) is 3. The summed E-state index contributed by atoms with van der Waals surface area (Å²) in [5, 5.41) is 2.05. The van der Waals surface area contributed by atoms with Crippen LogP contribution in [0.25, 0.3) is 4.85 Å². The predicted molar refractivity (Wildman–Crippen MR) is 53.9 cm³/mol. The van der Waals surface area contributed by atoms with E-state index in [1.807, 2.05) is 5.16 Å². The first-order chi connectivity index (χ1) is 6.74. The van der Waals surface area contributed by atoms with Crippen LogP contribution in [-0.4, -0.2) is 12.3 Å². The molecule has 1 aromatic carbocycles. The summed E-state index contributed by atoms with van der Waals surface area (Å²) in [6, 6.07) is 2.77. The number of halogens is 1. The summed E-state index contributed by atoms with van der Waals surface area (Å²) in [5.74, 6) is -0.815. The Balaban J connectivity index is 3.43. The van der Waals surface area contributed by atoms with E-state index < -0.39 is 5.82 Å². The second-order valence-electron chi connectivity index (χ2n) is 2.27. The SMILES string of the molecule is [C-]#[N+]c1ccc(N=C=S)c(F)c1OC. The number of rotatable bonds is 2. The number of thiocarbonyl (C=S) groups is 1. The quantitative estimate of drug-likeness (QED) is 0.424. The molecule has 0 saturated heterocycles. The number of aliphatic imine (C=N–C) groups is 1. The topological polar surface area (TPSA) is 25.9 Å². The molecule has 3 nitrogen and oxygen atoms in total. The Morgan fingerprint density at radius 1 is 1.64 bits per heavy atom. The van der Waals surface area contributed by atoms with Gasteiger partial charge in [-0.25, -0.2) is 9.24 Å². The molecule has 0 aliphatic heterocycles. The Labute approximate surface area is 85.7 Å². The zero-order valence-corrected chi connectivity index (χ0v) is 8.06. The van der Waals surface area contributed by atoms with Gasteiger partial charge in [-0.1, -0.05) is 6.07 Å². The van der Waals surface area contributed by atoms with E-state index in [2.05, 4.69) is 22.1 Å². The fourth-order valence-electron chi connectivity index (χ4n) is 0.953. The van der Waals surface area contributed by atoms with E-state index in [9.17, 15) is 4.39 Å². The molecule has 0 unspecified atom stereocenters. The van der Waals surface area contributed by atoms with E-state index in [1.165, 1.54) is 19.2 Å². The van der Waals surface area contributed by atoms with Crippen molar-refractivity contribution in [3.05, 3.63) is 29.4 Å². The van der Waals surface area contributed by atoms with Crippen LogP contribution in [-0.2, 0) is 0 Å². The van der Waals surface area contributed by atoms with Crippen LogP contribution in [0.3, 0.4) is 0 Å². The van der Waals surface area contributed by atoms with Crippen molar-refractivity contribution in [3.63, 3.8) is 0 Å². The molecule has 0 saturated carbocycles. The lowest BCUT2D eigenvalue weighted by molar-refractivity contribution is 0.390. The van der Waals surface area contributed by atoms with Crippen molar-refractivity contribution in [3.8, 4) is 5.75 Å². The van der Waals surface area contributed by atoms with Crippen molar-refractivity contribution < 1.29 is 9.13 Å². The molecule has 70 valence electrons. The summed E-state index contributed by atoms with van der Waals surface area (Å²) < 4.78 is 18.2. The second kappa shape index (κ2) is 4.47. The van der Waals surface area contributed by atoms with Gasteiger partial charge in [-0.2, -0.15) is 4.99 Å². The number of ether oxygens (including phenoxy) is 1. The highest BCUT2D eigenvalue weighted by molar-refractivity contribution is 7.78. The van der Waals surface area contributed by atoms with E-state index in [0.717, 1.165) is 0 Å². The molecule has 0 bridgehead atoms. The molecule has 14 heavy (non-hydrogen) atoms. The molecule has 0 amide bonds. The molecule has 0 radical (unpaired) electrons. The van der Waals surface area contributed by atoms with Crippen LogP contribution in [0.4, 0.5) is 15.8 Å². The molecule has 1 aromatic rings. The van der Waals surface area contributed by atoms with Gasteiger partial charge in [-0.3, -0.25) is 0 Å². The highest BCUT2D eigenvalue weighted by atomic mass is 32.1. The minimum Gasteiger partial charge on any atom is -0.505 e. The molecular formula is C9H5FN2OS. The lowest BCUT2D eigenvalue weighted by Gasteiger charge is -2.04. The summed E-state index contributed by atoms with van der Waals surface area (Å²) in [7, 11) is 1.29. The van der Waals surface area contributed by atoms with Gasteiger partial charge in [0.2, 0.25) is 5.69 Å². The summed E-state index contributed by atoms with van der Waals surface area (Å²) in [6.45, 7) is 6.77. The van der Waals surface area contributed by atoms with Crippen molar-refractivity contribution in [2.75, 3.05) is 7.11 Å². The molecule has 0 fully saturated rings. The Morgan fingerprint density at radius 3 is 2.86 bits per heavy atom. The Morgan fingerprint density at radius 2 is 2.36 bits per heavy atom. The Bertz CT molecular complexity index is 447. The van der Waals surface area contributed by atoms with Crippen molar-refractivity contribution in [2.24, 2.45) is 4.99 Å². The van der Waals surface area contributed by atoms with Crippen LogP contribution in [0.15, 0.2) is 17.1 Å².